The van der Waals surface area contributed by atoms with Gasteiger partial charge in [-0.2, -0.15) is 0 Å². The zero-order valence-corrected chi connectivity index (χ0v) is 11.7. The first-order valence-electron chi connectivity index (χ1n) is 6.56. The Balaban J connectivity index is 1.65. The Kier molecular flexibility index (Phi) is 4.76. The number of nitrogens with one attached hydrogen (secondary N) is 1. The summed E-state index contributed by atoms with van der Waals surface area (Å²) in [5, 5.41) is 6.34. The molecule has 1 N–H and O–H groups in total. The molecule has 1 heterocycles. The number of hydrogen-bond acceptors (Lipinski definition) is 4. The van der Waals surface area contributed by atoms with Crippen LogP contribution in [0.3, 0.4) is 0 Å². The van der Waals surface area contributed by atoms with Crippen LogP contribution in [-0.4, -0.2) is 17.7 Å². The molecule has 0 saturated carbocycles. The molecule has 0 spiro atoms. The lowest BCUT2D eigenvalue weighted by molar-refractivity contribution is -0.116. The Morgan fingerprint density at radius 2 is 2.05 bits per heavy atom. The van der Waals surface area contributed by atoms with Gasteiger partial charge in [-0.25, -0.2) is 0 Å². The second-order valence-corrected chi connectivity index (χ2v) is 4.65. The molecule has 0 fully saturated rings. The molecule has 0 aliphatic carbocycles. The monoisotopic (exact) mass is 274 g/mol. The lowest BCUT2D eigenvalue weighted by atomic mass is 10.2. The molecule has 20 heavy (non-hydrogen) atoms. The third kappa shape index (κ3) is 4.42. The Morgan fingerprint density at radius 1 is 1.30 bits per heavy atom. The molecule has 0 radical (unpaired) electrons. The predicted octanol–water partition coefficient (Wildman–Crippen LogP) is 3.09. The van der Waals surface area contributed by atoms with Crippen LogP contribution >= 0.6 is 0 Å². The van der Waals surface area contributed by atoms with Crippen molar-refractivity contribution in [3.63, 3.8) is 0 Å². The largest absolute Gasteiger partial charge is 0.494 e. The zero-order chi connectivity index (χ0) is 14.4. The number of aromatic nitrogens is 1. The molecule has 106 valence electrons. The van der Waals surface area contributed by atoms with Gasteiger partial charge >= 0.3 is 0 Å². The minimum atomic E-state index is -0.103. The average molecular weight is 274 g/mol. The van der Waals surface area contributed by atoms with Gasteiger partial charge in [-0.3, -0.25) is 10.1 Å². The van der Waals surface area contributed by atoms with Crippen molar-refractivity contribution >= 4 is 11.8 Å². The van der Waals surface area contributed by atoms with Crippen molar-refractivity contribution in [1.29, 1.82) is 0 Å². The summed E-state index contributed by atoms with van der Waals surface area (Å²) in [4.78, 5) is 11.6. The SMILES string of the molecule is Cc1ccc(OCCCC(=O)Nc2cc(C)no2)cc1. The fourth-order valence-corrected chi connectivity index (χ4v) is 1.68. The van der Waals surface area contributed by atoms with Gasteiger partial charge in [0, 0.05) is 12.5 Å². The fourth-order valence-electron chi connectivity index (χ4n) is 1.68. The minimum Gasteiger partial charge on any atom is -0.494 e. The first-order chi connectivity index (χ1) is 9.63. The maximum absolute atomic E-state index is 11.6. The van der Waals surface area contributed by atoms with Crippen LogP contribution in [-0.2, 0) is 4.79 Å². The Bertz CT molecular complexity index is 561. The molecule has 2 aromatic rings. The van der Waals surface area contributed by atoms with Gasteiger partial charge in [-0.15, -0.1) is 0 Å². The summed E-state index contributed by atoms with van der Waals surface area (Å²) in [6.07, 6.45) is 1.03. The highest BCUT2D eigenvalue weighted by Crippen LogP contribution is 2.12. The molecule has 0 aliphatic heterocycles. The molecule has 1 amide bonds. The normalized spacial score (nSPS) is 10.3. The van der Waals surface area contributed by atoms with Crippen molar-refractivity contribution in [2.75, 3.05) is 11.9 Å². The average Bonchev–Trinajstić information content (AvgIpc) is 2.82. The van der Waals surface area contributed by atoms with E-state index in [4.69, 9.17) is 9.26 Å². The van der Waals surface area contributed by atoms with Crippen LogP contribution in [0, 0.1) is 13.8 Å². The number of carbonyl (C=O) groups is 1. The minimum absolute atomic E-state index is 0.103. The summed E-state index contributed by atoms with van der Waals surface area (Å²) in [5.74, 6) is 1.10. The van der Waals surface area contributed by atoms with Crippen molar-refractivity contribution in [1.82, 2.24) is 5.16 Å². The number of amides is 1. The molecule has 0 atom stereocenters. The van der Waals surface area contributed by atoms with Crippen LogP contribution < -0.4 is 10.1 Å². The maximum atomic E-state index is 11.6. The van der Waals surface area contributed by atoms with Gasteiger partial charge in [-0.1, -0.05) is 22.9 Å². The lowest BCUT2D eigenvalue weighted by Gasteiger charge is -2.06. The van der Waals surface area contributed by atoms with Crippen molar-refractivity contribution in [2.24, 2.45) is 0 Å². The number of hydrogen-bond donors (Lipinski definition) is 1. The topological polar surface area (TPSA) is 64.4 Å². The summed E-state index contributed by atoms with van der Waals surface area (Å²) in [7, 11) is 0. The highest BCUT2D eigenvalue weighted by Gasteiger charge is 2.06. The smallest absolute Gasteiger partial charge is 0.231 e. The van der Waals surface area contributed by atoms with E-state index in [1.54, 1.807) is 13.0 Å². The summed E-state index contributed by atoms with van der Waals surface area (Å²) in [6.45, 7) is 4.33. The van der Waals surface area contributed by atoms with Gasteiger partial charge in [0.15, 0.2) is 0 Å². The van der Waals surface area contributed by atoms with Gasteiger partial charge in [0.05, 0.1) is 12.3 Å². The first kappa shape index (κ1) is 14.1. The highest BCUT2D eigenvalue weighted by atomic mass is 16.5. The second-order valence-electron chi connectivity index (χ2n) is 4.65. The molecular formula is C15H18N2O3. The number of ether oxygens (including phenoxy) is 1. The lowest BCUT2D eigenvalue weighted by Crippen LogP contribution is -2.12. The van der Waals surface area contributed by atoms with Crippen molar-refractivity contribution in [3.05, 3.63) is 41.6 Å². The predicted molar refractivity (Wildman–Crippen MR) is 75.8 cm³/mol. The van der Waals surface area contributed by atoms with Gasteiger partial charge in [0.1, 0.15) is 5.75 Å². The molecule has 1 aromatic heterocycles. The molecule has 0 unspecified atom stereocenters. The van der Waals surface area contributed by atoms with Gasteiger partial charge in [0.25, 0.3) is 0 Å². The summed E-state index contributed by atoms with van der Waals surface area (Å²) >= 11 is 0. The number of rotatable bonds is 6. The summed E-state index contributed by atoms with van der Waals surface area (Å²) < 4.78 is 10.5. The molecule has 0 bridgehead atoms. The van der Waals surface area contributed by atoms with Crippen molar-refractivity contribution < 1.29 is 14.1 Å². The standard InChI is InChI=1S/C15H18N2O3/c1-11-5-7-13(8-6-11)19-9-3-4-14(18)16-15-10-12(2)17-20-15/h5-8,10H,3-4,9H2,1-2H3,(H,16,18). The quantitative estimate of drug-likeness (QED) is 0.822. The fraction of sp³-hybridized carbons (Fsp3) is 0.333. The third-order valence-electron chi connectivity index (χ3n) is 2.73. The number of carbonyl (C=O) groups excluding carboxylic acids is 1. The van der Waals surface area contributed by atoms with E-state index in [0.29, 0.717) is 25.3 Å². The molecule has 5 nitrogen and oxygen atoms in total. The number of anilines is 1. The van der Waals surface area contributed by atoms with Crippen LogP contribution in [0.5, 0.6) is 5.75 Å². The molecule has 1 aromatic carbocycles. The van der Waals surface area contributed by atoms with E-state index in [0.717, 1.165) is 11.4 Å². The van der Waals surface area contributed by atoms with E-state index in [2.05, 4.69) is 10.5 Å². The number of aryl methyl sites for hydroxylation is 2. The number of nitrogens with zero attached hydrogens (tertiary/aromatic N) is 1. The Morgan fingerprint density at radius 3 is 2.70 bits per heavy atom. The summed E-state index contributed by atoms with van der Waals surface area (Å²) in [5.41, 5.74) is 1.93. The van der Waals surface area contributed by atoms with Gasteiger partial charge < -0.3 is 9.26 Å². The van der Waals surface area contributed by atoms with Gasteiger partial charge in [-0.05, 0) is 32.4 Å². The third-order valence-corrected chi connectivity index (χ3v) is 2.73. The van der Waals surface area contributed by atoms with Crippen LogP contribution in [0.15, 0.2) is 34.9 Å². The highest BCUT2D eigenvalue weighted by molar-refractivity contribution is 5.89. The van der Waals surface area contributed by atoms with Crippen LogP contribution in [0.25, 0.3) is 0 Å². The molecule has 0 aliphatic rings. The van der Waals surface area contributed by atoms with Crippen LogP contribution in [0.2, 0.25) is 0 Å². The van der Waals surface area contributed by atoms with E-state index in [1.807, 2.05) is 31.2 Å². The molecule has 2 rings (SSSR count). The van der Waals surface area contributed by atoms with Crippen LogP contribution in [0.4, 0.5) is 5.88 Å². The Labute approximate surface area is 117 Å². The molecule has 5 heteroatoms. The van der Waals surface area contributed by atoms with E-state index < -0.39 is 0 Å². The van der Waals surface area contributed by atoms with Crippen molar-refractivity contribution in [3.8, 4) is 5.75 Å². The van der Waals surface area contributed by atoms with Crippen LogP contribution in [0.1, 0.15) is 24.1 Å². The second kappa shape index (κ2) is 6.75. The van der Waals surface area contributed by atoms with E-state index >= 15 is 0 Å². The van der Waals surface area contributed by atoms with E-state index in [1.165, 1.54) is 5.56 Å². The van der Waals surface area contributed by atoms with E-state index in [9.17, 15) is 4.79 Å². The van der Waals surface area contributed by atoms with Crippen molar-refractivity contribution in [2.45, 2.75) is 26.7 Å². The summed E-state index contributed by atoms with van der Waals surface area (Å²) in [6, 6.07) is 9.52. The number of benzene rings is 1. The molecule has 0 saturated heterocycles. The first-order valence-corrected chi connectivity index (χ1v) is 6.56. The van der Waals surface area contributed by atoms with Gasteiger partial charge in [0.2, 0.25) is 11.8 Å². The zero-order valence-electron chi connectivity index (χ0n) is 11.7. The molecular weight excluding hydrogens is 256 g/mol. The van der Waals surface area contributed by atoms with E-state index in [-0.39, 0.29) is 5.91 Å². The maximum Gasteiger partial charge on any atom is 0.231 e. The Hall–Kier alpha value is -2.30.